The summed E-state index contributed by atoms with van der Waals surface area (Å²) in [5.41, 5.74) is 0.985. The van der Waals surface area contributed by atoms with Crippen LogP contribution in [0.1, 0.15) is 38.7 Å². The van der Waals surface area contributed by atoms with Gasteiger partial charge in [-0.25, -0.2) is 9.18 Å². The van der Waals surface area contributed by atoms with Crippen molar-refractivity contribution in [2.45, 2.75) is 44.8 Å². The molecule has 134 valence electrons. The van der Waals surface area contributed by atoms with Crippen LogP contribution in [0.25, 0.3) is 10.9 Å². The van der Waals surface area contributed by atoms with Gasteiger partial charge in [-0.3, -0.25) is 4.98 Å². The van der Waals surface area contributed by atoms with Crippen LogP contribution in [0.5, 0.6) is 0 Å². The number of amides is 1. The Morgan fingerprint density at radius 1 is 1.36 bits per heavy atom. The lowest BCUT2D eigenvalue weighted by molar-refractivity contribution is -0.00139. The first-order valence-electron chi connectivity index (χ1n) is 8.45. The monoisotopic (exact) mass is 346 g/mol. The second kappa shape index (κ2) is 6.59. The highest BCUT2D eigenvalue weighted by Crippen LogP contribution is 2.33. The molecule has 2 atom stereocenters. The van der Waals surface area contributed by atoms with Gasteiger partial charge in [0, 0.05) is 24.0 Å². The number of aliphatic hydroxyl groups excluding tert-OH is 1. The van der Waals surface area contributed by atoms with Crippen LogP contribution in [0.2, 0.25) is 0 Å². The molecule has 0 aliphatic carbocycles. The number of hydrogen-bond acceptors (Lipinski definition) is 4. The zero-order valence-electron chi connectivity index (χ0n) is 14.7. The molecule has 5 nitrogen and oxygen atoms in total. The molecule has 1 aliphatic heterocycles. The smallest absolute Gasteiger partial charge is 0.410 e. The predicted molar refractivity (Wildman–Crippen MR) is 92.9 cm³/mol. The highest BCUT2D eigenvalue weighted by molar-refractivity contribution is 5.82. The number of nitrogens with zero attached hydrogens (tertiary/aromatic N) is 2. The van der Waals surface area contributed by atoms with Gasteiger partial charge in [-0.2, -0.15) is 0 Å². The zero-order chi connectivity index (χ0) is 18.2. The molecule has 2 heterocycles. The number of ether oxygens (including phenoxy) is 1. The molecule has 0 saturated carbocycles. The molecule has 1 amide bonds. The number of piperidine rings is 1. The largest absolute Gasteiger partial charge is 0.444 e. The SMILES string of the molecule is CC(C)(C)OC(=O)N1CCC(c2ccnc3ccc(F)cc23)C(O)C1. The number of hydrogen-bond donors (Lipinski definition) is 1. The fraction of sp³-hybridized carbons (Fsp3) is 0.474. The summed E-state index contributed by atoms with van der Waals surface area (Å²) in [5.74, 6) is -0.506. The van der Waals surface area contributed by atoms with Gasteiger partial charge in [0.05, 0.1) is 18.2 Å². The first-order valence-corrected chi connectivity index (χ1v) is 8.45. The number of β-amino-alcohol motifs (C(OH)–C–C–N with tert-alkyl or cyclic N) is 1. The third-order valence-electron chi connectivity index (χ3n) is 4.37. The number of aromatic nitrogens is 1. The van der Waals surface area contributed by atoms with E-state index in [0.717, 1.165) is 5.56 Å². The molecule has 25 heavy (non-hydrogen) atoms. The van der Waals surface area contributed by atoms with E-state index in [4.69, 9.17) is 4.74 Å². The molecule has 6 heteroatoms. The van der Waals surface area contributed by atoms with E-state index < -0.39 is 17.8 Å². The lowest BCUT2D eigenvalue weighted by atomic mass is 9.85. The molecule has 2 unspecified atom stereocenters. The van der Waals surface area contributed by atoms with Gasteiger partial charge in [0.15, 0.2) is 0 Å². The highest BCUT2D eigenvalue weighted by Gasteiger charge is 2.34. The zero-order valence-corrected chi connectivity index (χ0v) is 14.7. The summed E-state index contributed by atoms with van der Waals surface area (Å²) >= 11 is 0. The van der Waals surface area contributed by atoms with E-state index in [2.05, 4.69) is 4.98 Å². The Morgan fingerprint density at radius 3 is 2.80 bits per heavy atom. The molecule has 1 N–H and O–H groups in total. The first-order chi connectivity index (χ1) is 11.7. The maximum absolute atomic E-state index is 13.6. The van der Waals surface area contributed by atoms with Crippen LogP contribution in [0.15, 0.2) is 30.5 Å². The predicted octanol–water partition coefficient (Wildman–Crippen LogP) is 3.46. The maximum atomic E-state index is 13.6. The number of rotatable bonds is 1. The number of pyridine rings is 1. The van der Waals surface area contributed by atoms with Gasteiger partial charge in [0.2, 0.25) is 0 Å². The Bertz CT molecular complexity index is 788. The third-order valence-corrected chi connectivity index (χ3v) is 4.37. The summed E-state index contributed by atoms with van der Waals surface area (Å²) < 4.78 is 19.0. The maximum Gasteiger partial charge on any atom is 0.410 e. The summed E-state index contributed by atoms with van der Waals surface area (Å²) in [6.45, 7) is 6.11. The van der Waals surface area contributed by atoms with Crippen molar-refractivity contribution in [1.29, 1.82) is 0 Å². The Kier molecular flexibility index (Phi) is 4.64. The van der Waals surface area contributed by atoms with Crippen molar-refractivity contribution in [1.82, 2.24) is 9.88 Å². The van der Waals surface area contributed by atoms with Crippen molar-refractivity contribution in [3.63, 3.8) is 0 Å². The van der Waals surface area contributed by atoms with E-state index in [0.29, 0.717) is 23.9 Å². The summed E-state index contributed by atoms with van der Waals surface area (Å²) in [6, 6.07) is 6.28. The Hall–Kier alpha value is -2.21. The second-order valence-corrected chi connectivity index (χ2v) is 7.45. The molecule has 0 bridgehead atoms. The molecular weight excluding hydrogens is 323 g/mol. The number of halogens is 1. The minimum Gasteiger partial charge on any atom is -0.444 e. The van der Waals surface area contributed by atoms with Crippen LogP contribution in [-0.2, 0) is 4.74 Å². The Labute approximate surface area is 146 Å². The molecule has 3 rings (SSSR count). The van der Waals surface area contributed by atoms with Crippen molar-refractivity contribution in [3.05, 3.63) is 41.8 Å². The molecular formula is C19H23FN2O3. The van der Waals surface area contributed by atoms with Gasteiger partial charge in [0.25, 0.3) is 0 Å². The average Bonchev–Trinajstić information content (AvgIpc) is 2.53. The quantitative estimate of drug-likeness (QED) is 0.859. The lowest BCUT2D eigenvalue weighted by Crippen LogP contribution is -2.47. The van der Waals surface area contributed by atoms with E-state index >= 15 is 0 Å². The number of aliphatic hydroxyl groups is 1. The van der Waals surface area contributed by atoms with Crippen LogP contribution in [0, 0.1) is 5.82 Å². The number of carbonyl (C=O) groups excluding carboxylic acids is 1. The number of likely N-dealkylation sites (tertiary alicyclic amines) is 1. The molecule has 1 saturated heterocycles. The third kappa shape index (κ3) is 3.90. The summed E-state index contributed by atoms with van der Waals surface area (Å²) in [4.78, 5) is 18.0. The standard InChI is InChI=1S/C19H23FN2O3/c1-19(2,3)25-18(24)22-9-7-14(17(23)11-22)13-6-8-21-16-5-4-12(20)10-15(13)16/h4-6,8,10,14,17,23H,7,9,11H2,1-3H3. The molecule has 1 aliphatic rings. The van der Waals surface area contributed by atoms with Crippen molar-refractivity contribution >= 4 is 17.0 Å². The lowest BCUT2D eigenvalue weighted by Gasteiger charge is -2.37. The normalized spacial score (nSPS) is 21.4. The summed E-state index contributed by atoms with van der Waals surface area (Å²) in [5, 5.41) is 11.3. The van der Waals surface area contributed by atoms with Crippen LogP contribution < -0.4 is 0 Å². The van der Waals surface area contributed by atoms with Crippen LogP contribution in [-0.4, -0.2) is 45.9 Å². The molecule has 1 aromatic carbocycles. The van der Waals surface area contributed by atoms with Gasteiger partial charge < -0.3 is 14.7 Å². The van der Waals surface area contributed by atoms with Gasteiger partial charge in [-0.15, -0.1) is 0 Å². The minimum absolute atomic E-state index is 0.175. The Morgan fingerprint density at radius 2 is 2.12 bits per heavy atom. The van der Waals surface area contributed by atoms with E-state index in [-0.39, 0.29) is 18.3 Å². The fourth-order valence-corrected chi connectivity index (χ4v) is 3.25. The topological polar surface area (TPSA) is 62.7 Å². The van der Waals surface area contributed by atoms with Crippen molar-refractivity contribution in [3.8, 4) is 0 Å². The summed E-state index contributed by atoms with van der Waals surface area (Å²) in [7, 11) is 0. The average molecular weight is 346 g/mol. The number of fused-ring (bicyclic) bond motifs is 1. The van der Waals surface area contributed by atoms with E-state index in [1.54, 1.807) is 12.3 Å². The Balaban J connectivity index is 1.81. The van der Waals surface area contributed by atoms with Crippen molar-refractivity contribution < 1.29 is 19.0 Å². The van der Waals surface area contributed by atoms with E-state index in [1.807, 2.05) is 26.8 Å². The fourth-order valence-electron chi connectivity index (χ4n) is 3.25. The van der Waals surface area contributed by atoms with Gasteiger partial charge in [-0.1, -0.05) is 0 Å². The molecule has 1 aromatic heterocycles. The van der Waals surface area contributed by atoms with Gasteiger partial charge >= 0.3 is 6.09 Å². The highest BCUT2D eigenvalue weighted by atomic mass is 19.1. The van der Waals surface area contributed by atoms with E-state index in [1.165, 1.54) is 17.0 Å². The van der Waals surface area contributed by atoms with Gasteiger partial charge in [-0.05, 0) is 57.0 Å². The summed E-state index contributed by atoms with van der Waals surface area (Å²) in [6.07, 6.45) is 1.09. The number of benzene rings is 1. The van der Waals surface area contributed by atoms with Gasteiger partial charge in [0.1, 0.15) is 11.4 Å². The van der Waals surface area contributed by atoms with Crippen molar-refractivity contribution in [2.75, 3.05) is 13.1 Å². The molecule has 0 spiro atoms. The molecule has 0 radical (unpaired) electrons. The number of carbonyl (C=O) groups is 1. The molecule has 1 fully saturated rings. The molecule has 2 aromatic rings. The first kappa shape index (κ1) is 17.6. The van der Waals surface area contributed by atoms with Crippen LogP contribution >= 0.6 is 0 Å². The van der Waals surface area contributed by atoms with Crippen molar-refractivity contribution in [2.24, 2.45) is 0 Å². The minimum atomic E-state index is -0.741. The second-order valence-electron chi connectivity index (χ2n) is 7.45. The van der Waals surface area contributed by atoms with Crippen LogP contribution in [0.3, 0.4) is 0 Å². The van der Waals surface area contributed by atoms with E-state index in [9.17, 15) is 14.3 Å². The van der Waals surface area contributed by atoms with Crippen LogP contribution in [0.4, 0.5) is 9.18 Å².